The average Bonchev–Trinajstić information content (AvgIpc) is 2.47. The molecule has 5 heteroatoms. The summed E-state index contributed by atoms with van der Waals surface area (Å²) in [4.78, 5) is 11.8. The van der Waals surface area contributed by atoms with E-state index < -0.39 is 0 Å². The summed E-state index contributed by atoms with van der Waals surface area (Å²) in [6, 6.07) is 4.75. The van der Waals surface area contributed by atoms with Crippen molar-refractivity contribution in [1.82, 2.24) is 10.6 Å². The quantitative estimate of drug-likeness (QED) is 0.863. The zero-order valence-electron chi connectivity index (χ0n) is 11.4. The Morgan fingerprint density at radius 1 is 1.50 bits per heavy atom. The molecule has 1 heterocycles. The average molecular weight is 343 g/mol. The normalized spacial score (nSPS) is 18.8. The minimum absolute atomic E-state index is 0.00468. The lowest BCUT2D eigenvalue weighted by atomic mass is 9.94. The smallest absolute Gasteiger partial charge is 0.220 e. The first-order valence-electron chi connectivity index (χ1n) is 7.06. The Morgan fingerprint density at radius 2 is 2.35 bits per heavy atom. The molecule has 1 aliphatic heterocycles. The third-order valence-corrected chi connectivity index (χ3v) is 4.16. The molecular formula is C15H20BrFN2O. The number of nitrogens with one attached hydrogen (secondary N) is 2. The van der Waals surface area contributed by atoms with Crippen LogP contribution in [0.4, 0.5) is 4.39 Å². The predicted molar refractivity (Wildman–Crippen MR) is 80.8 cm³/mol. The molecule has 1 aromatic rings. The lowest BCUT2D eigenvalue weighted by molar-refractivity contribution is -0.121. The molecule has 1 atom stereocenters. The third kappa shape index (κ3) is 4.87. The van der Waals surface area contributed by atoms with Crippen molar-refractivity contribution in [3.63, 3.8) is 0 Å². The second kappa shape index (κ2) is 7.74. The number of rotatable bonds is 5. The van der Waals surface area contributed by atoms with Crippen LogP contribution in [0.25, 0.3) is 0 Å². The molecule has 20 heavy (non-hydrogen) atoms. The van der Waals surface area contributed by atoms with Crippen molar-refractivity contribution < 1.29 is 9.18 Å². The second-order valence-corrected chi connectivity index (χ2v) is 6.18. The highest BCUT2D eigenvalue weighted by Gasteiger charge is 2.14. The highest BCUT2D eigenvalue weighted by atomic mass is 79.9. The van der Waals surface area contributed by atoms with Gasteiger partial charge in [-0.05, 0) is 56.5 Å². The van der Waals surface area contributed by atoms with E-state index in [-0.39, 0.29) is 18.3 Å². The Balaban J connectivity index is 1.73. The van der Waals surface area contributed by atoms with Gasteiger partial charge in [-0.25, -0.2) is 4.39 Å². The number of carbonyl (C=O) groups excluding carboxylic acids is 1. The maximum absolute atomic E-state index is 13.5. The first-order valence-corrected chi connectivity index (χ1v) is 7.86. The van der Waals surface area contributed by atoms with Crippen LogP contribution < -0.4 is 10.6 Å². The largest absolute Gasteiger partial charge is 0.352 e. The van der Waals surface area contributed by atoms with Gasteiger partial charge in [-0.2, -0.15) is 0 Å². The van der Waals surface area contributed by atoms with E-state index in [4.69, 9.17) is 0 Å². The molecule has 2 rings (SSSR count). The third-order valence-electron chi connectivity index (χ3n) is 3.66. The van der Waals surface area contributed by atoms with Gasteiger partial charge in [-0.15, -0.1) is 0 Å². The van der Waals surface area contributed by atoms with Gasteiger partial charge in [0.15, 0.2) is 0 Å². The van der Waals surface area contributed by atoms with Gasteiger partial charge in [-0.1, -0.05) is 15.9 Å². The lowest BCUT2D eigenvalue weighted by Gasteiger charge is -2.22. The lowest BCUT2D eigenvalue weighted by Crippen LogP contribution is -2.31. The monoisotopic (exact) mass is 342 g/mol. The predicted octanol–water partition coefficient (Wildman–Crippen LogP) is 2.98. The first kappa shape index (κ1) is 15.4. The van der Waals surface area contributed by atoms with E-state index in [0.29, 0.717) is 17.9 Å². The zero-order chi connectivity index (χ0) is 14.4. The van der Waals surface area contributed by atoms with Gasteiger partial charge in [0, 0.05) is 23.0 Å². The van der Waals surface area contributed by atoms with Crippen molar-refractivity contribution in [2.24, 2.45) is 5.92 Å². The van der Waals surface area contributed by atoms with Gasteiger partial charge in [-0.3, -0.25) is 4.79 Å². The van der Waals surface area contributed by atoms with E-state index in [9.17, 15) is 9.18 Å². The van der Waals surface area contributed by atoms with Crippen molar-refractivity contribution in [2.75, 3.05) is 13.1 Å². The van der Waals surface area contributed by atoms with E-state index in [0.717, 1.165) is 24.0 Å². The standard InChI is InChI=1S/C15H20BrFN2O/c16-13-4-5-14(17)12(8-13)10-19-15(20)6-3-11-2-1-7-18-9-11/h4-5,8,11,18H,1-3,6-7,9-10H2,(H,19,20). The molecule has 0 spiro atoms. The number of amides is 1. The van der Waals surface area contributed by atoms with Crippen LogP contribution in [0.5, 0.6) is 0 Å². The van der Waals surface area contributed by atoms with Gasteiger partial charge in [0.2, 0.25) is 5.91 Å². The maximum Gasteiger partial charge on any atom is 0.220 e. The minimum Gasteiger partial charge on any atom is -0.352 e. The topological polar surface area (TPSA) is 41.1 Å². The molecule has 2 N–H and O–H groups in total. The Bertz CT molecular complexity index is 461. The van der Waals surface area contributed by atoms with Crippen LogP contribution in [-0.2, 0) is 11.3 Å². The van der Waals surface area contributed by atoms with Gasteiger partial charge < -0.3 is 10.6 Å². The Morgan fingerprint density at radius 3 is 3.10 bits per heavy atom. The molecule has 1 aliphatic rings. The molecular weight excluding hydrogens is 323 g/mol. The van der Waals surface area contributed by atoms with Gasteiger partial charge in [0.1, 0.15) is 5.82 Å². The number of benzene rings is 1. The highest BCUT2D eigenvalue weighted by Crippen LogP contribution is 2.17. The zero-order valence-corrected chi connectivity index (χ0v) is 13.0. The van der Waals surface area contributed by atoms with Crippen molar-refractivity contribution >= 4 is 21.8 Å². The molecule has 0 saturated carbocycles. The summed E-state index contributed by atoms with van der Waals surface area (Å²) in [7, 11) is 0. The van der Waals surface area contributed by atoms with E-state index in [1.165, 1.54) is 18.9 Å². The van der Waals surface area contributed by atoms with Crippen LogP contribution in [0.15, 0.2) is 22.7 Å². The molecule has 1 saturated heterocycles. The number of halogens is 2. The molecule has 1 amide bonds. The summed E-state index contributed by atoms with van der Waals surface area (Å²) in [5, 5.41) is 6.13. The molecule has 0 aromatic heterocycles. The van der Waals surface area contributed by atoms with Crippen molar-refractivity contribution in [3.05, 3.63) is 34.1 Å². The molecule has 110 valence electrons. The number of hydrogen-bond donors (Lipinski definition) is 2. The van der Waals surface area contributed by atoms with Gasteiger partial charge in [0.25, 0.3) is 0 Å². The summed E-state index contributed by atoms with van der Waals surface area (Å²) in [5.74, 6) is 0.303. The van der Waals surface area contributed by atoms with Crippen LogP contribution >= 0.6 is 15.9 Å². The Labute approximate surface area is 127 Å². The molecule has 0 bridgehead atoms. The summed E-state index contributed by atoms with van der Waals surface area (Å²) in [6.45, 7) is 2.34. The fourth-order valence-electron chi connectivity index (χ4n) is 2.47. The summed E-state index contributed by atoms with van der Waals surface area (Å²) >= 11 is 3.30. The van der Waals surface area contributed by atoms with E-state index in [2.05, 4.69) is 26.6 Å². The minimum atomic E-state index is -0.287. The fraction of sp³-hybridized carbons (Fsp3) is 0.533. The van der Waals surface area contributed by atoms with Crippen LogP contribution in [0.2, 0.25) is 0 Å². The van der Waals surface area contributed by atoms with Crippen LogP contribution in [-0.4, -0.2) is 19.0 Å². The molecule has 1 unspecified atom stereocenters. The number of carbonyl (C=O) groups is 1. The number of piperidine rings is 1. The molecule has 0 aliphatic carbocycles. The van der Waals surface area contributed by atoms with E-state index in [1.807, 2.05) is 0 Å². The summed E-state index contributed by atoms with van der Waals surface area (Å²) in [6.07, 6.45) is 3.80. The van der Waals surface area contributed by atoms with Gasteiger partial charge in [0.05, 0.1) is 0 Å². The van der Waals surface area contributed by atoms with E-state index in [1.54, 1.807) is 12.1 Å². The Hall–Kier alpha value is -0.940. The highest BCUT2D eigenvalue weighted by molar-refractivity contribution is 9.10. The molecule has 1 fully saturated rings. The summed E-state index contributed by atoms with van der Waals surface area (Å²) < 4.78 is 14.3. The molecule has 3 nitrogen and oxygen atoms in total. The second-order valence-electron chi connectivity index (χ2n) is 5.26. The Kier molecular flexibility index (Phi) is 5.98. The molecule has 0 radical (unpaired) electrons. The number of hydrogen-bond acceptors (Lipinski definition) is 2. The first-order chi connectivity index (χ1) is 9.65. The molecule has 1 aromatic carbocycles. The van der Waals surface area contributed by atoms with E-state index >= 15 is 0 Å². The van der Waals surface area contributed by atoms with Crippen LogP contribution in [0, 0.1) is 11.7 Å². The summed E-state index contributed by atoms with van der Waals surface area (Å²) in [5.41, 5.74) is 0.507. The van der Waals surface area contributed by atoms with Crippen LogP contribution in [0.1, 0.15) is 31.2 Å². The van der Waals surface area contributed by atoms with Crippen molar-refractivity contribution in [3.8, 4) is 0 Å². The van der Waals surface area contributed by atoms with Crippen molar-refractivity contribution in [2.45, 2.75) is 32.2 Å². The maximum atomic E-state index is 13.5. The SMILES string of the molecule is O=C(CCC1CCCNC1)NCc1cc(Br)ccc1F. The van der Waals surface area contributed by atoms with Crippen LogP contribution in [0.3, 0.4) is 0 Å². The van der Waals surface area contributed by atoms with Crippen molar-refractivity contribution in [1.29, 1.82) is 0 Å². The van der Waals surface area contributed by atoms with Gasteiger partial charge >= 0.3 is 0 Å². The fourth-order valence-corrected chi connectivity index (χ4v) is 2.88.